The zero-order valence-electron chi connectivity index (χ0n) is 19.1. The molecule has 3 aromatic carbocycles. The molecule has 0 aliphatic carbocycles. The van der Waals surface area contributed by atoms with Crippen LogP contribution in [0.1, 0.15) is 33.1 Å². The second-order valence-corrected chi connectivity index (χ2v) is 8.15. The van der Waals surface area contributed by atoms with Crippen LogP contribution in [0.4, 0.5) is 10.5 Å². The molecule has 0 bridgehead atoms. The summed E-state index contributed by atoms with van der Waals surface area (Å²) in [5.41, 5.74) is 3.37. The van der Waals surface area contributed by atoms with Crippen LogP contribution in [0, 0.1) is 0 Å². The summed E-state index contributed by atoms with van der Waals surface area (Å²) in [6, 6.07) is 17.2. The fraction of sp³-hybridized carbons (Fsp3) is 0.231. The summed E-state index contributed by atoms with van der Waals surface area (Å²) in [7, 11) is 4.47. The number of halogens is 1. The third-order valence-electron chi connectivity index (χ3n) is 5.91. The van der Waals surface area contributed by atoms with Crippen LogP contribution in [0.3, 0.4) is 0 Å². The summed E-state index contributed by atoms with van der Waals surface area (Å²) in [6.45, 7) is 0.435. The molecular formula is C26H25ClN2O5. The van der Waals surface area contributed by atoms with Gasteiger partial charge < -0.3 is 24.4 Å². The highest BCUT2D eigenvalue weighted by molar-refractivity contribution is 6.31. The molecule has 0 saturated heterocycles. The zero-order chi connectivity index (χ0) is 24.2. The molecule has 3 aromatic rings. The first kappa shape index (κ1) is 23.4. The Kier molecular flexibility index (Phi) is 6.93. The number of nitrogens with one attached hydrogen (secondary N) is 1. The average molecular weight is 481 g/mol. The lowest BCUT2D eigenvalue weighted by molar-refractivity contribution is 0.0602. The average Bonchev–Trinajstić information content (AvgIpc) is 2.87. The van der Waals surface area contributed by atoms with Crippen molar-refractivity contribution in [1.29, 1.82) is 0 Å². The first-order valence-electron chi connectivity index (χ1n) is 10.7. The van der Waals surface area contributed by atoms with E-state index in [0.717, 1.165) is 16.7 Å². The number of hydrogen-bond acceptors (Lipinski definition) is 5. The van der Waals surface area contributed by atoms with Gasteiger partial charge in [0.2, 0.25) is 0 Å². The van der Waals surface area contributed by atoms with Gasteiger partial charge in [0.15, 0.2) is 11.5 Å². The molecule has 2 amide bonds. The summed E-state index contributed by atoms with van der Waals surface area (Å²) in [5.74, 6) is 0.667. The SMILES string of the molecule is COC(=O)c1ccccc1NC(=O)N1CCc2cc(OC)c(OC)cc2[C@H]1c1ccccc1Cl. The summed E-state index contributed by atoms with van der Waals surface area (Å²) in [6.07, 6.45) is 0.614. The van der Waals surface area contributed by atoms with E-state index in [9.17, 15) is 9.59 Å². The molecule has 8 heteroatoms. The van der Waals surface area contributed by atoms with Crippen molar-refractivity contribution < 1.29 is 23.8 Å². The molecule has 0 fully saturated rings. The summed E-state index contributed by atoms with van der Waals surface area (Å²) in [5, 5.41) is 3.43. The molecule has 1 aliphatic heterocycles. The number of ether oxygens (including phenoxy) is 3. The molecule has 4 rings (SSSR count). The van der Waals surface area contributed by atoms with E-state index in [2.05, 4.69) is 5.32 Å². The number of fused-ring (bicyclic) bond motifs is 1. The van der Waals surface area contributed by atoms with Crippen LogP contribution < -0.4 is 14.8 Å². The van der Waals surface area contributed by atoms with Gasteiger partial charge >= 0.3 is 12.0 Å². The van der Waals surface area contributed by atoms with Crippen molar-refractivity contribution >= 4 is 29.3 Å². The van der Waals surface area contributed by atoms with Gasteiger partial charge in [-0.3, -0.25) is 0 Å². The van der Waals surface area contributed by atoms with Gasteiger partial charge in [-0.05, 0) is 53.4 Å². The van der Waals surface area contributed by atoms with E-state index < -0.39 is 12.0 Å². The number of urea groups is 1. The monoisotopic (exact) mass is 480 g/mol. The van der Waals surface area contributed by atoms with Crippen molar-refractivity contribution in [1.82, 2.24) is 4.90 Å². The summed E-state index contributed by atoms with van der Waals surface area (Å²) >= 11 is 6.60. The molecule has 1 aliphatic rings. The van der Waals surface area contributed by atoms with Crippen molar-refractivity contribution in [2.75, 3.05) is 33.2 Å². The Balaban J connectivity index is 1.78. The van der Waals surface area contributed by atoms with Crippen molar-refractivity contribution in [2.24, 2.45) is 0 Å². The molecule has 7 nitrogen and oxygen atoms in total. The van der Waals surface area contributed by atoms with Crippen LogP contribution in [0.2, 0.25) is 5.02 Å². The number of carbonyl (C=O) groups excluding carboxylic acids is 2. The van der Waals surface area contributed by atoms with Gasteiger partial charge in [-0.15, -0.1) is 0 Å². The third kappa shape index (κ3) is 4.39. The standard InChI is InChI=1S/C26H25ClN2O5/c1-32-22-14-16-12-13-29(26(31)28-21-11-7-5-9-18(21)25(30)34-3)24(19(16)15-23(22)33-2)17-8-4-6-10-20(17)27/h4-11,14-15,24H,12-13H2,1-3H3,(H,28,31)/t24-/m1/s1. The van der Waals surface area contributed by atoms with Crippen LogP contribution >= 0.6 is 11.6 Å². The highest BCUT2D eigenvalue weighted by atomic mass is 35.5. The maximum Gasteiger partial charge on any atom is 0.339 e. The second kappa shape index (κ2) is 10.1. The quantitative estimate of drug-likeness (QED) is 0.500. The number of anilines is 1. The number of methoxy groups -OCH3 is 3. The molecule has 0 spiro atoms. The van der Waals surface area contributed by atoms with Gasteiger partial charge in [-0.2, -0.15) is 0 Å². The highest BCUT2D eigenvalue weighted by Crippen LogP contribution is 2.43. The lowest BCUT2D eigenvalue weighted by Gasteiger charge is -2.38. The van der Waals surface area contributed by atoms with Crippen LogP contribution in [-0.4, -0.2) is 44.8 Å². The van der Waals surface area contributed by atoms with E-state index in [4.69, 9.17) is 25.8 Å². The Morgan fingerprint density at radius 2 is 1.62 bits per heavy atom. The molecule has 1 atom stereocenters. The molecule has 34 heavy (non-hydrogen) atoms. The fourth-order valence-corrected chi connectivity index (χ4v) is 4.50. The van der Waals surface area contributed by atoms with Gasteiger partial charge in [0.25, 0.3) is 0 Å². The molecular weight excluding hydrogens is 456 g/mol. The van der Waals surface area contributed by atoms with Crippen LogP contribution in [0.5, 0.6) is 11.5 Å². The summed E-state index contributed by atoms with van der Waals surface area (Å²) < 4.78 is 15.9. The maximum atomic E-state index is 13.6. The number of para-hydroxylation sites is 1. The number of rotatable bonds is 5. The lowest BCUT2D eigenvalue weighted by Crippen LogP contribution is -2.43. The molecule has 176 valence electrons. The first-order chi connectivity index (χ1) is 16.5. The van der Waals surface area contributed by atoms with Gasteiger partial charge in [0, 0.05) is 11.6 Å². The van der Waals surface area contributed by atoms with E-state index in [0.29, 0.717) is 35.2 Å². The predicted molar refractivity (Wildman–Crippen MR) is 130 cm³/mol. The predicted octanol–water partition coefficient (Wildman–Crippen LogP) is 5.32. The minimum absolute atomic E-state index is 0.274. The third-order valence-corrected chi connectivity index (χ3v) is 6.25. The largest absolute Gasteiger partial charge is 0.493 e. The molecule has 0 radical (unpaired) electrons. The van der Waals surface area contributed by atoms with Crippen LogP contribution in [0.25, 0.3) is 0 Å². The minimum Gasteiger partial charge on any atom is -0.493 e. The van der Waals surface area contributed by atoms with Gasteiger partial charge in [0.05, 0.1) is 38.6 Å². The second-order valence-electron chi connectivity index (χ2n) is 7.74. The van der Waals surface area contributed by atoms with Crippen LogP contribution in [-0.2, 0) is 11.2 Å². The Hall–Kier alpha value is -3.71. The normalized spacial score (nSPS) is 14.7. The van der Waals surface area contributed by atoms with Crippen molar-refractivity contribution in [3.63, 3.8) is 0 Å². The molecule has 1 N–H and O–H groups in total. The van der Waals surface area contributed by atoms with Gasteiger partial charge in [-0.25, -0.2) is 9.59 Å². The smallest absolute Gasteiger partial charge is 0.339 e. The van der Waals surface area contributed by atoms with E-state index in [1.165, 1.54) is 7.11 Å². The van der Waals surface area contributed by atoms with Gasteiger partial charge in [0.1, 0.15) is 0 Å². The summed E-state index contributed by atoms with van der Waals surface area (Å²) in [4.78, 5) is 27.5. The number of esters is 1. The molecule has 0 aromatic heterocycles. The van der Waals surface area contributed by atoms with E-state index in [1.54, 1.807) is 49.5 Å². The molecule has 1 heterocycles. The number of benzene rings is 3. The van der Waals surface area contributed by atoms with Gasteiger partial charge in [-0.1, -0.05) is 41.9 Å². The molecule has 0 unspecified atom stereocenters. The lowest BCUT2D eigenvalue weighted by atomic mass is 9.87. The van der Waals surface area contributed by atoms with E-state index in [-0.39, 0.29) is 11.6 Å². The number of nitrogens with zero attached hydrogens (tertiary/aromatic N) is 1. The Morgan fingerprint density at radius 1 is 0.941 bits per heavy atom. The zero-order valence-corrected chi connectivity index (χ0v) is 19.9. The van der Waals surface area contributed by atoms with E-state index >= 15 is 0 Å². The number of amides is 2. The van der Waals surface area contributed by atoms with Crippen LogP contribution in [0.15, 0.2) is 60.7 Å². The minimum atomic E-state index is -0.528. The van der Waals surface area contributed by atoms with Crippen molar-refractivity contribution in [3.8, 4) is 11.5 Å². The number of carbonyl (C=O) groups is 2. The molecule has 0 saturated carbocycles. The fourth-order valence-electron chi connectivity index (χ4n) is 4.26. The highest BCUT2D eigenvalue weighted by Gasteiger charge is 2.35. The maximum absolute atomic E-state index is 13.6. The first-order valence-corrected chi connectivity index (χ1v) is 11.1. The number of hydrogen-bond donors (Lipinski definition) is 1. The van der Waals surface area contributed by atoms with Crippen molar-refractivity contribution in [2.45, 2.75) is 12.5 Å². The Bertz CT molecular complexity index is 1230. The van der Waals surface area contributed by atoms with E-state index in [1.807, 2.05) is 30.3 Å². The van der Waals surface area contributed by atoms with Crippen molar-refractivity contribution in [3.05, 3.63) is 87.9 Å². The Labute approximate surface area is 203 Å². The Morgan fingerprint density at radius 3 is 2.32 bits per heavy atom. The topological polar surface area (TPSA) is 77.1 Å².